The van der Waals surface area contributed by atoms with Crippen molar-refractivity contribution in [3.8, 4) is 11.8 Å². The quantitative estimate of drug-likeness (QED) is 0.474. The van der Waals surface area contributed by atoms with Crippen molar-refractivity contribution in [3.05, 3.63) is 34.2 Å². The second-order valence-corrected chi connectivity index (χ2v) is 8.45. The van der Waals surface area contributed by atoms with Crippen molar-refractivity contribution in [2.24, 2.45) is 7.05 Å². The molecule has 1 atom stereocenters. The number of piperidine rings is 1. The Labute approximate surface area is 190 Å². The molecule has 1 aromatic carbocycles. The van der Waals surface area contributed by atoms with Crippen LogP contribution in [0.5, 0.6) is 0 Å². The first-order valence-electron chi connectivity index (χ1n) is 11.0. The number of nitrogens with one attached hydrogen (secondary N) is 1. The van der Waals surface area contributed by atoms with Gasteiger partial charge in [-0.2, -0.15) is 0 Å². The average Bonchev–Trinajstić information content (AvgIpc) is 3.03. The number of benzene rings is 1. The maximum Gasteiger partial charge on any atom is 0.329 e. The minimum atomic E-state index is -0.773. The zero-order chi connectivity index (χ0) is 23.5. The number of aromatic nitrogens is 2. The molecule has 174 valence electrons. The van der Waals surface area contributed by atoms with Gasteiger partial charge in [0.05, 0.1) is 24.0 Å². The Bertz CT molecular complexity index is 1210. The van der Waals surface area contributed by atoms with Crippen molar-refractivity contribution in [2.75, 3.05) is 39.3 Å². The third kappa shape index (κ3) is 4.99. The number of hydrogen-bond acceptors (Lipinski definition) is 6. The van der Waals surface area contributed by atoms with E-state index in [1.807, 2.05) is 12.1 Å². The lowest BCUT2D eigenvalue weighted by Crippen LogP contribution is -2.46. The van der Waals surface area contributed by atoms with Crippen LogP contribution in [0.4, 0.5) is 0 Å². The van der Waals surface area contributed by atoms with Crippen molar-refractivity contribution in [1.29, 1.82) is 0 Å². The molecule has 2 aliphatic heterocycles. The number of carbonyl (C=O) groups is 3. The number of imide groups is 1. The van der Waals surface area contributed by atoms with Crippen LogP contribution in [0, 0.1) is 11.8 Å². The molecule has 2 aliphatic rings. The Morgan fingerprint density at radius 1 is 1.12 bits per heavy atom. The number of carboxylic acid groups (broad SMARTS) is 1. The van der Waals surface area contributed by atoms with Crippen molar-refractivity contribution < 1.29 is 19.5 Å². The molecule has 0 saturated carbocycles. The first kappa shape index (κ1) is 22.8. The number of carbonyl (C=O) groups excluding carboxylic acids is 2. The number of imidazole rings is 1. The molecule has 10 nitrogen and oxygen atoms in total. The molecule has 10 heteroatoms. The first-order chi connectivity index (χ1) is 15.8. The summed E-state index contributed by atoms with van der Waals surface area (Å²) in [7, 11) is 1.66. The molecule has 3 heterocycles. The first-order valence-corrected chi connectivity index (χ1v) is 11.0. The summed E-state index contributed by atoms with van der Waals surface area (Å²) in [6.07, 6.45) is 0.668. The fourth-order valence-electron chi connectivity index (χ4n) is 4.35. The predicted octanol–water partition coefficient (Wildman–Crippen LogP) is -0.238. The molecule has 0 aliphatic carbocycles. The van der Waals surface area contributed by atoms with Crippen LogP contribution >= 0.6 is 0 Å². The van der Waals surface area contributed by atoms with Gasteiger partial charge in [0.2, 0.25) is 11.8 Å². The molecular weight excluding hydrogens is 426 g/mol. The van der Waals surface area contributed by atoms with E-state index in [1.165, 1.54) is 9.13 Å². The van der Waals surface area contributed by atoms with Crippen LogP contribution in [-0.2, 0) is 21.4 Å². The zero-order valence-electron chi connectivity index (χ0n) is 18.5. The van der Waals surface area contributed by atoms with Crippen molar-refractivity contribution in [1.82, 2.24) is 24.3 Å². The lowest BCUT2D eigenvalue weighted by atomic mass is 10.1. The van der Waals surface area contributed by atoms with Crippen molar-refractivity contribution in [2.45, 2.75) is 25.3 Å². The summed E-state index contributed by atoms with van der Waals surface area (Å²) in [5, 5.41) is 11.1. The molecule has 2 aromatic rings. The third-order valence-corrected chi connectivity index (χ3v) is 6.25. The fourth-order valence-corrected chi connectivity index (χ4v) is 4.35. The van der Waals surface area contributed by atoms with Gasteiger partial charge in [0.25, 0.3) is 0 Å². The van der Waals surface area contributed by atoms with E-state index in [4.69, 9.17) is 5.11 Å². The molecule has 2 fully saturated rings. The molecule has 2 N–H and O–H groups in total. The van der Waals surface area contributed by atoms with E-state index in [0.29, 0.717) is 30.5 Å². The third-order valence-electron chi connectivity index (χ3n) is 6.25. The molecule has 0 radical (unpaired) electrons. The number of nitrogens with zero attached hydrogens (tertiary/aromatic N) is 4. The number of carboxylic acids is 1. The summed E-state index contributed by atoms with van der Waals surface area (Å²) in [5.41, 5.74) is 1.80. The summed E-state index contributed by atoms with van der Waals surface area (Å²) in [5.74, 6) is 4.80. The highest BCUT2D eigenvalue weighted by Crippen LogP contribution is 2.23. The summed E-state index contributed by atoms with van der Waals surface area (Å²) in [4.78, 5) is 51.7. The lowest BCUT2D eigenvalue weighted by molar-refractivity contribution is -0.138. The maximum atomic E-state index is 12.8. The van der Waals surface area contributed by atoms with Gasteiger partial charge in [-0.25, -0.2) is 4.79 Å². The van der Waals surface area contributed by atoms with E-state index in [1.54, 1.807) is 13.1 Å². The summed E-state index contributed by atoms with van der Waals surface area (Å²) < 4.78 is 2.96. The lowest BCUT2D eigenvalue weighted by Gasteiger charge is -2.33. The number of aryl methyl sites for hydroxylation is 1. The van der Waals surface area contributed by atoms with E-state index in [2.05, 4.69) is 27.0 Å². The van der Waals surface area contributed by atoms with Crippen molar-refractivity contribution >= 4 is 28.8 Å². The fraction of sp³-hybridized carbons (Fsp3) is 0.478. The number of piperazine rings is 1. The maximum absolute atomic E-state index is 12.8. The Morgan fingerprint density at radius 3 is 2.55 bits per heavy atom. The van der Waals surface area contributed by atoms with Crippen LogP contribution in [0.3, 0.4) is 0 Å². The van der Waals surface area contributed by atoms with Crippen LogP contribution in [0.2, 0.25) is 0 Å². The van der Waals surface area contributed by atoms with E-state index in [9.17, 15) is 19.2 Å². The van der Waals surface area contributed by atoms with Crippen LogP contribution < -0.4 is 11.0 Å². The van der Waals surface area contributed by atoms with Crippen molar-refractivity contribution in [3.63, 3.8) is 0 Å². The highest BCUT2D eigenvalue weighted by Gasteiger charge is 2.31. The van der Waals surface area contributed by atoms with Gasteiger partial charge in [0.1, 0.15) is 6.04 Å². The molecule has 4 rings (SSSR count). The number of rotatable bonds is 5. The Kier molecular flexibility index (Phi) is 6.62. The molecule has 1 aromatic heterocycles. The Balaban J connectivity index is 1.44. The molecule has 1 unspecified atom stereocenters. The minimum absolute atomic E-state index is 0.163. The molecule has 33 heavy (non-hydrogen) atoms. The highest BCUT2D eigenvalue weighted by molar-refractivity contribution is 6.00. The number of amides is 2. The van der Waals surface area contributed by atoms with E-state index in [-0.39, 0.29) is 24.4 Å². The largest absolute Gasteiger partial charge is 0.481 e. The molecule has 0 spiro atoms. The molecular formula is C23H27N5O5. The minimum Gasteiger partial charge on any atom is -0.481 e. The SMILES string of the molecule is Cn1c(=O)n(C2CCC(=O)NC2=O)c2ccc(C#CCN3CCN(CCC(=O)O)CC3)cc21. The Hall–Kier alpha value is -3.42. The summed E-state index contributed by atoms with van der Waals surface area (Å²) in [6, 6.07) is 4.77. The second kappa shape index (κ2) is 9.60. The number of hydrogen-bond donors (Lipinski definition) is 2. The number of aliphatic carboxylic acids is 1. The van der Waals surface area contributed by atoms with Gasteiger partial charge in [-0.1, -0.05) is 11.8 Å². The van der Waals surface area contributed by atoms with Gasteiger partial charge in [-0.05, 0) is 24.6 Å². The Morgan fingerprint density at radius 2 is 1.85 bits per heavy atom. The predicted molar refractivity (Wildman–Crippen MR) is 121 cm³/mol. The van der Waals surface area contributed by atoms with Gasteiger partial charge < -0.3 is 10.0 Å². The molecule has 2 saturated heterocycles. The smallest absolute Gasteiger partial charge is 0.329 e. The monoisotopic (exact) mass is 453 g/mol. The van der Waals surface area contributed by atoms with Gasteiger partial charge in [-0.3, -0.25) is 33.7 Å². The topological polar surface area (TPSA) is 117 Å². The zero-order valence-corrected chi connectivity index (χ0v) is 18.5. The molecule has 0 bridgehead atoms. The standard InChI is InChI=1S/C23H27N5O5/c1-25-19-15-16(3-2-9-26-11-13-27(14-12-26)10-8-21(30)31)4-5-17(19)28(23(25)33)18-6-7-20(29)24-22(18)32/h4-5,15,18H,6-14H2,1H3,(H,30,31)(H,24,29,32). The van der Waals surface area contributed by atoms with E-state index < -0.39 is 17.9 Å². The normalized spacial score (nSPS) is 19.8. The highest BCUT2D eigenvalue weighted by atomic mass is 16.4. The van der Waals surface area contributed by atoms with Gasteiger partial charge in [-0.15, -0.1) is 0 Å². The van der Waals surface area contributed by atoms with Crippen LogP contribution in [0.15, 0.2) is 23.0 Å². The van der Waals surface area contributed by atoms with E-state index in [0.717, 1.165) is 31.7 Å². The van der Waals surface area contributed by atoms with Gasteiger partial charge >= 0.3 is 11.7 Å². The van der Waals surface area contributed by atoms with E-state index >= 15 is 0 Å². The summed E-state index contributed by atoms with van der Waals surface area (Å²) >= 11 is 0. The number of fused-ring (bicyclic) bond motifs is 1. The second-order valence-electron chi connectivity index (χ2n) is 8.45. The van der Waals surface area contributed by atoms with Crippen LogP contribution in [0.1, 0.15) is 30.9 Å². The van der Waals surface area contributed by atoms with Gasteiger partial charge in [0.15, 0.2) is 0 Å². The average molecular weight is 453 g/mol. The van der Waals surface area contributed by atoms with Crippen LogP contribution in [0.25, 0.3) is 11.0 Å². The van der Waals surface area contributed by atoms with Crippen LogP contribution in [-0.4, -0.2) is 81.1 Å². The summed E-state index contributed by atoms with van der Waals surface area (Å²) in [6.45, 7) is 4.54. The van der Waals surface area contributed by atoms with Gasteiger partial charge in [0, 0.05) is 51.8 Å². The molecule has 2 amide bonds.